The maximum absolute atomic E-state index is 9.40. The van der Waals surface area contributed by atoms with Crippen molar-refractivity contribution in [3.8, 4) is 11.8 Å². The highest BCUT2D eigenvalue weighted by Gasteiger charge is 2.13. The molecular weight excluding hydrogens is 290 g/mol. The number of nitrogens with one attached hydrogen (secondary N) is 2. The number of pyridine rings is 1. The molecule has 0 aliphatic carbocycles. The summed E-state index contributed by atoms with van der Waals surface area (Å²) in [6.45, 7) is 0.520. The third kappa shape index (κ3) is 3.47. The van der Waals surface area contributed by atoms with Crippen molar-refractivity contribution < 1.29 is 5.11 Å². The summed E-state index contributed by atoms with van der Waals surface area (Å²) >= 11 is 0. The van der Waals surface area contributed by atoms with E-state index in [4.69, 9.17) is 0 Å². The lowest BCUT2D eigenvalue weighted by Gasteiger charge is -2.04. The number of aromatic amines is 1. The van der Waals surface area contributed by atoms with Gasteiger partial charge in [0.2, 0.25) is 0 Å². The van der Waals surface area contributed by atoms with Gasteiger partial charge in [0.25, 0.3) is 0 Å². The van der Waals surface area contributed by atoms with Gasteiger partial charge in [0.1, 0.15) is 17.4 Å². The second-order valence-corrected chi connectivity index (χ2v) is 5.10. The molecule has 0 atom stereocenters. The minimum atomic E-state index is 0.227. The van der Waals surface area contributed by atoms with Crippen molar-refractivity contribution in [2.24, 2.45) is 0 Å². The summed E-state index contributed by atoms with van der Waals surface area (Å²) in [7, 11) is 0. The standard InChI is InChI=1S/C17H15N5O/c18-9-15-16(8-13-2-1-7-19-10-13)21-22-17(15)20-11-12-3-5-14(23)6-4-12/h1-7,10,23H,8,11H2,(H2,20,21,22). The van der Waals surface area contributed by atoms with Gasteiger partial charge in [-0.25, -0.2) is 0 Å². The molecule has 0 saturated heterocycles. The maximum atomic E-state index is 9.40. The van der Waals surface area contributed by atoms with Gasteiger partial charge >= 0.3 is 0 Å². The van der Waals surface area contributed by atoms with Gasteiger partial charge in [-0.05, 0) is 29.3 Å². The van der Waals surface area contributed by atoms with Crippen LogP contribution in [0, 0.1) is 11.3 Å². The molecule has 114 valence electrons. The topological polar surface area (TPSA) is 97.6 Å². The van der Waals surface area contributed by atoms with Crippen molar-refractivity contribution in [1.82, 2.24) is 15.2 Å². The Hall–Kier alpha value is -3.33. The minimum Gasteiger partial charge on any atom is -0.508 e. The van der Waals surface area contributed by atoms with Crippen molar-refractivity contribution in [3.63, 3.8) is 0 Å². The largest absolute Gasteiger partial charge is 0.508 e. The fourth-order valence-electron chi connectivity index (χ4n) is 2.26. The predicted molar refractivity (Wildman–Crippen MR) is 85.8 cm³/mol. The Morgan fingerprint density at radius 2 is 2.00 bits per heavy atom. The highest BCUT2D eigenvalue weighted by Crippen LogP contribution is 2.19. The molecule has 0 aliphatic rings. The molecule has 6 heteroatoms. The Balaban J connectivity index is 1.73. The van der Waals surface area contributed by atoms with Crippen LogP contribution in [0.3, 0.4) is 0 Å². The molecule has 0 spiro atoms. The number of benzene rings is 1. The second kappa shape index (κ2) is 6.62. The Bertz CT molecular complexity index is 818. The number of nitriles is 1. The number of phenolic OH excluding ortho intramolecular Hbond substituents is 1. The summed E-state index contributed by atoms with van der Waals surface area (Å²) in [6.07, 6.45) is 4.06. The summed E-state index contributed by atoms with van der Waals surface area (Å²) in [5, 5.41) is 28.9. The van der Waals surface area contributed by atoms with Gasteiger partial charge in [-0.3, -0.25) is 10.1 Å². The molecule has 1 aromatic carbocycles. The molecule has 0 aliphatic heterocycles. The molecule has 0 amide bonds. The number of anilines is 1. The van der Waals surface area contributed by atoms with E-state index >= 15 is 0 Å². The average Bonchev–Trinajstić information content (AvgIpc) is 2.97. The Morgan fingerprint density at radius 1 is 1.17 bits per heavy atom. The van der Waals surface area contributed by atoms with Gasteiger partial charge in [-0.15, -0.1) is 0 Å². The van der Waals surface area contributed by atoms with Gasteiger partial charge in [0, 0.05) is 25.4 Å². The Morgan fingerprint density at radius 3 is 2.70 bits per heavy atom. The molecule has 0 unspecified atom stereocenters. The van der Waals surface area contributed by atoms with Crippen molar-refractivity contribution in [2.75, 3.05) is 5.32 Å². The monoisotopic (exact) mass is 305 g/mol. The molecule has 0 bridgehead atoms. The van der Waals surface area contributed by atoms with E-state index in [0.717, 1.165) is 16.8 Å². The number of aromatic hydroxyl groups is 1. The van der Waals surface area contributed by atoms with Crippen LogP contribution >= 0.6 is 0 Å². The zero-order valence-corrected chi connectivity index (χ0v) is 12.3. The number of H-pyrrole nitrogens is 1. The van der Waals surface area contributed by atoms with Crippen molar-refractivity contribution in [2.45, 2.75) is 13.0 Å². The van der Waals surface area contributed by atoms with Crippen LogP contribution in [-0.2, 0) is 13.0 Å². The molecule has 3 rings (SSSR count). The first-order chi connectivity index (χ1) is 11.3. The van der Waals surface area contributed by atoms with E-state index in [1.807, 2.05) is 24.3 Å². The average molecular weight is 305 g/mol. The number of phenols is 1. The molecule has 0 radical (unpaired) electrons. The van der Waals surface area contributed by atoms with Crippen LogP contribution in [0.2, 0.25) is 0 Å². The zero-order valence-electron chi connectivity index (χ0n) is 12.3. The third-order valence-electron chi connectivity index (χ3n) is 3.45. The normalized spacial score (nSPS) is 10.2. The van der Waals surface area contributed by atoms with Crippen LogP contribution in [0.25, 0.3) is 0 Å². The Labute approximate surface area is 133 Å². The number of nitrogens with zero attached hydrogens (tertiary/aromatic N) is 3. The first-order valence-electron chi connectivity index (χ1n) is 7.14. The van der Waals surface area contributed by atoms with E-state index in [-0.39, 0.29) is 5.75 Å². The maximum Gasteiger partial charge on any atom is 0.166 e. The number of aromatic nitrogens is 3. The molecule has 2 aromatic heterocycles. The minimum absolute atomic E-state index is 0.227. The molecule has 2 heterocycles. The smallest absolute Gasteiger partial charge is 0.166 e. The highest BCUT2D eigenvalue weighted by molar-refractivity contribution is 5.55. The van der Waals surface area contributed by atoms with Gasteiger partial charge < -0.3 is 10.4 Å². The van der Waals surface area contributed by atoms with Gasteiger partial charge in [-0.2, -0.15) is 10.4 Å². The fourth-order valence-corrected chi connectivity index (χ4v) is 2.26. The van der Waals surface area contributed by atoms with Crippen LogP contribution in [0.4, 0.5) is 5.82 Å². The van der Waals surface area contributed by atoms with E-state index in [9.17, 15) is 10.4 Å². The summed E-state index contributed by atoms with van der Waals surface area (Å²) in [5.74, 6) is 0.754. The summed E-state index contributed by atoms with van der Waals surface area (Å²) < 4.78 is 0. The zero-order chi connectivity index (χ0) is 16.1. The van der Waals surface area contributed by atoms with E-state index in [2.05, 4.69) is 26.6 Å². The Kier molecular flexibility index (Phi) is 4.20. The first kappa shape index (κ1) is 14.6. The van der Waals surface area contributed by atoms with Crippen molar-refractivity contribution >= 4 is 5.82 Å². The van der Waals surface area contributed by atoms with E-state index in [1.165, 1.54) is 0 Å². The van der Waals surface area contributed by atoms with Crippen LogP contribution in [0.1, 0.15) is 22.4 Å². The van der Waals surface area contributed by atoms with E-state index < -0.39 is 0 Å². The molecule has 23 heavy (non-hydrogen) atoms. The highest BCUT2D eigenvalue weighted by atomic mass is 16.3. The van der Waals surface area contributed by atoms with Crippen LogP contribution in [0.15, 0.2) is 48.8 Å². The van der Waals surface area contributed by atoms with Gasteiger partial charge in [-0.1, -0.05) is 18.2 Å². The van der Waals surface area contributed by atoms with Crippen LogP contribution in [-0.4, -0.2) is 20.3 Å². The van der Waals surface area contributed by atoms with Crippen molar-refractivity contribution in [1.29, 1.82) is 5.26 Å². The van der Waals surface area contributed by atoms with Crippen LogP contribution < -0.4 is 5.32 Å². The van der Waals surface area contributed by atoms with E-state index in [0.29, 0.717) is 24.3 Å². The SMILES string of the molecule is N#Cc1c(NCc2ccc(O)cc2)n[nH]c1Cc1cccnc1. The summed E-state index contributed by atoms with van der Waals surface area (Å²) in [5.41, 5.74) is 3.27. The number of rotatable bonds is 5. The molecule has 0 fully saturated rings. The lowest BCUT2D eigenvalue weighted by Crippen LogP contribution is -2.01. The molecule has 3 N–H and O–H groups in total. The quantitative estimate of drug-likeness (QED) is 0.673. The molecule has 0 saturated carbocycles. The first-order valence-corrected chi connectivity index (χ1v) is 7.14. The molecule has 6 nitrogen and oxygen atoms in total. The van der Waals surface area contributed by atoms with Gasteiger partial charge in [0.05, 0.1) is 5.69 Å². The van der Waals surface area contributed by atoms with E-state index in [1.54, 1.807) is 24.5 Å². The van der Waals surface area contributed by atoms with Gasteiger partial charge in [0.15, 0.2) is 5.82 Å². The second-order valence-electron chi connectivity index (χ2n) is 5.10. The third-order valence-corrected chi connectivity index (χ3v) is 3.45. The summed E-state index contributed by atoms with van der Waals surface area (Å²) in [6, 6.07) is 12.9. The number of hydrogen-bond donors (Lipinski definition) is 3. The van der Waals surface area contributed by atoms with Crippen LogP contribution in [0.5, 0.6) is 5.75 Å². The molecular formula is C17H15N5O. The fraction of sp³-hybridized carbons (Fsp3) is 0.118. The lowest BCUT2D eigenvalue weighted by molar-refractivity contribution is 0.475. The summed E-state index contributed by atoms with van der Waals surface area (Å²) in [4.78, 5) is 4.07. The predicted octanol–water partition coefficient (Wildman–Crippen LogP) is 2.58. The molecule has 3 aromatic rings. The van der Waals surface area contributed by atoms with Crippen molar-refractivity contribution in [3.05, 3.63) is 71.2 Å². The lowest BCUT2D eigenvalue weighted by atomic mass is 10.1. The number of hydrogen-bond acceptors (Lipinski definition) is 5.